The van der Waals surface area contributed by atoms with Crippen molar-refractivity contribution >= 4 is 23.4 Å². The largest absolute Gasteiger partial charge is 0.497 e. The Kier molecular flexibility index (Phi) is 6.40. The molecule has 1 saturated heterocycles. The van der Waals surface area contributed by atoms with Gasteiger partial charge in [0, 0.05) is 26.2 Å². The van der Waals surface area contributed by atoms with E-state index in [1.165, 1.54) is 12.1 Å². The molecule has 5 rings (SSSR count). The number of piperazine rings is 1. The fraction of sp³-hybridized carbons (Fsp3) is 0.333. The number of nitrogens with zero attached hydrogens (tertiary/aromatic N) is 5. The number of rotatable bonds is 4. The Bertz CT molecular complexity index is 1260. The molecule has 1 atom stereocenters. The van der Waals surface area contributed by atoms with Crippen molar-refractivity contribution in [2.75, 3.05) is 33.3 Å². The van der Waals surface area contributed by atoms with Gasteiger partial charge in [-0.15, -0.1) is 5.10 Å². The molecule has 1 fully saturated rings. The van der Waals surface area contributed by atoms with Crippen LogP contribution in [0.25, 0.3) is 0 Å². The molecule has 2 aliphatic heterocycles. The van der Waals surface area contributed by atoms with Crippen molar-refractivity contribution in [2.24, 2.45) is 0 Å². The van der Waals surface area contributed by atoms with Gasteiger partial charge in [-0.2, -0.15) is 0 Å². The maximum absolute atomic E-state index is 13.3. The Hall–Kier alpha value is -3.50. The lowest BCUT2D eigenvalue weighted by Crippen LogP contribution is -2.51. The number of fused-ring (bicyclic) bond motifs is 1. The summed E-state index contributed by atoms with van der Waals surface area (Å²) in [5, 5.41) is 8.39. The molecule has 2 aliphatic rings. The van der Waals surface area contributed by atoms with Crippen molar-refractivity contribution in [3.8, 4) is 5.75 Å². The Balaban J connectivity index is 1.22. The summed E-state index contributed by atoms with van der Waals surface area (Å²) in [6.07, 6.45) is -0.203. The van der Waals surface area contributed by atoms with E-state index in [0.29, 0.717) is 38.4 Å². The Labute approximate surface area is 206 Å². The Morgan fingerprint density at radius 1 is 1.06 bits per heavy atom. The lowest BCUT2D eigenvalue weighted by atomic mass is 10.1. The number of benzene rings is 2. The second-order valence-electron chi connectivity index (χ2n) is 8.35. The number of carbonyl (C=O) groups is 2. The van der Waals surface area contributed by atoms with Gasteiger partial charge in [0.1, 0.15) is 17.7 Å². The maximum Gasteiger partial charge on any atom is 0.276 e. The molecule has 182 valence electrons. The Morgan fingerprint density at radius 2 is 1.74 bits per heavy atom. The highest BCUT2D eigenvalue weighted by Crippen LogP contribution is 2.29. The normalized spacial score (nSPS) is 17.7. The van der Waals surface area contributed by atoms with Crippen LogP contribution in [0.4, 0.5) is 4.39 Å². The molecule has 3 aromatic rings. The summed E-state index contributed by atoms with van der Waals surface area (Å²) in [4.78, 5) is 29.2. The van der Waals surface area contributed by atoms with E-state index in [0.717, 1.165) is 17.4 Å². The molecule has 1 aromatic heterocycles. The Morgan fingerprint density at radius 3 is 2.40 bits per heavy atom. The van der Waals surface area contributed by atoms with Crippen molar-refractivity contribution < 1.29 is 23.5 Å². The van der Waals surface area contributed by atoms with E-state index in [1.54, 1.807) is 21.6 Å². The van der Waals surface area contributed by atoms with Gasteiger partial charge in [0.05, 0.1) is 36.5 Å². The number of halogens is 2. The summed E-state index contributed by atoms with van der Waals surface area (Å²) in [6.45, 7) is 2.00. The van der Waals surface area contributed by atoms with Gasteiger partial charge in [0.15, 0.2) is 5.69 Å². The third-order valence-electron chi connectivity index (χ3n) is 6.30. The molecule has 3 heterocycles. The second kappa shape index (κ2) is 9.63. The number of hydrogen-bond donors (Lipinski definition) is 0. The van der Waals surface area contributed by atoms with Gasteiger partial charge in [-0.1, -0.05) is 28.9 Å². The van der Waals surface area contributed by atoms with Crippen molar-refractivity contribution in [1.29, 1.82) is 0 Å². The van der Waals surface area contributed by atoms with Gasteiger partial charge >= 0.3 is 0 Å². The number of aromatic nitrogens is 3. The van der Waals surface area contributed by atoms with Gasteiger partial charge < -0.3 is 19.3 Å². The van der Waals surface area contributed by atoms with Crippen molar-refractivity contribution in [3.63, 3.8) is 0 Å². The van der Waals surface area contributed by atoms with Crippen LogP contribution in [0.15, 0.2) is 42.5 Å². The molecule has 0 bridgehead atoms. The SMILES string of the molecule is COc1ccc([C@H]2Cn3nnc(C(=O)N4CCN(C(=O)c5ccc(F)cc5Cl)CC4)c3CO2)cc1. The topological polar surface area (TPSA) is 89.8 Å². The molecule has 0 radical (unpaired) electrons. The average molecular weight is 500 g/mol. The maximum atomic E-state index is 13.3. The van der Waals surface area contributed by atoms with Crippen molar-refractivity contribution in [3.05, 3.63) is 75.8 Å². The highest BCUT2D eigenvalue weighted by Gasteiger charge is 2.32. The molecule has 9 nitrogen and oxygen atoms in total. The van der Waals surface area contributed by atoms with Crippen molar-refractivity contribution in [2.45, 2.75) is 19.3 Å². The van der Waals surface area contributed by atoms with E-state index in [4.69, 9.17) is 21.1 Å². The minimum Gasteiger partial charge on any atom is -0.497 e. The molecule has 0 unspecified atom stereocenters. The first-order valence-electron chi connectivity index (χ1n) is 11.2. The van der Waals surface area contributed by atoms with Crippen LogP contribution in [0.5, 0.6) is 5.75 Å². The van der Waals surface area contributed by atoms with Crippen LogP contribution in [-0.4, -0.2) is 69.9 Å². The quantitative estimate of drug-likeness (QED) is 0.548. The van der Waals surface area contributed by atoms with E-state index >= 15 is 0 Å². The first kappa shape index (κ1) is 23.3. The summed E-state index contributed by atoms with van der Waals surface area (Å²) in [5.74, 6) is -0.273. The number of carbonyl (C=O) groups excluding carboxylic acids is 2. The van der Waals surface area contributed by atoms with E-state index in [9.17, 15) is 14.0 Å². The van der Waals surface area contributed by atoms with Crippen LogP contribution in [0.2, 0.25) is 5.02 Å². The molecular formula is C24H23ClFN5O4. The van der Waals surface area contributed by atoms with Crippen LogP contribution in [0.1, 0.15) is 38.2 Å². The molecular weight excluding hydrogens is 477 g/mol. The minimum absolute atomic E-state index is 0.0668. The van der Waals surface area contributed by atoms with Gasteiger partial charge in [0.25, 0.3) is 11.8 Å². The lowest BCUT2D eigenvalue weighted by Gasteiger charge is -2.34. The summed E-state index contributed by atoms with van der Waals surface area (Å²) in [5.41, 5.74) is 2.13. The van der Waals surface area contributed by atoms with Crippen LogP contribution in [0, 0.1) is 5.82 Å². The van der Waals surface area contributed by atoms with Crippen LogP contribution < -0.4 is 4.74 Å². The molecule has 0 spiro atoms. The zero-order chi connectivity index (χ0) is 24.5. The fourth-order valence-electron chi connectivity index (χ4n) is 4.29. The third kappa shape index (κ3) is 4.59. The van der Waals surface area contributed by atoms with Crippen LogP contribution >= 0.6 is 11.6 Å². The molecule has 2 aromatic carbocycles. The highest BCUT2D eigenvalue weighted by molar-refractivity contribution is 6.33. The molecule has 0 saturated carbocycles. The van der Waals surface area contributed by atoms with Crippen LogP contribution in [0.3, 0.4) is 0 Å². The monoisotopic (exact) mass is 499 g/mol. The fourth-order valence-corrected chi connectivity index (χ4v) is 4.54. The van der Waals surface area contributed by atoms with Crippen LogP contribution in [-0.2, 0) is 17.9 Å². The van der Waals surface area contributed by atoms with E-state index in [1.807, 2.05) is 24.3 Å². The molecule has 11 heteroatoms. The summed E-state index contributed by atoms with van der Waals surface area (Å²) >= 11 is 6.03. The minimum atomic E-state index is -0.502. The first-order valence-corrected chi connectivity index (χ1v) is 11.5. The van der Waals surface area contributed by atoms with Gasteiger partial charge in [-0.05, 0) is 35.9 Å². The summed E-state index contributed by atoms with van der Waals surface area (Å²) in [6, 6.07) is 11.3. The zero-order valence-corrected chi connectivity index (χ0v) is 19.7. The zero-order valence-electron chi connectivity index (χ0n) is 19.0. The average Bonchev–Trinajstić information content (AvgIpc) is 3.31. The van der Waals surface area contributed by atoms with Crippen molar-refractivity contribution in [1.82, 2.24) is 24.8 Å². The van der Waals surface area contributed by atoms with E-state index < -0.39 is 5.82 Å². The number of amides is 2. The summed E-state index contributed by atoms with van der Waals surface area (Å²) in [7, 11) is 1.62. The lowest BCUT2D eigenvalue weighted by molar-refractivity contribution is -0.00204. The van der Waals surface area contributed by atoms with E-state index in [2.05, 4.69) is 10.3 Å². The first-order chi connectivity index (χ1) is 16.9. The molecule has 2 amide bonds. The summed E-state index contributed by atoms with van der Waals surface area (Å²) < 4.78 is 26.2. The van der Waals surface area contributed by atoms with Gasteiger partial charge in [-0.25, -0.2) is 9.07 Å². The third-order valence-corrected chi connectivity index (χ3v) is 6.62. The number of methoxy groups -OCH3 is 1. The molecule has 35 heavy (non-hydrogen) atoms. The molecule has 0 N–H and O–H groups in total. The number of hydrogen-bond acceptors (Lipinski definition) is 6. The highest BCUT2D eigenvalue weighted by atomic mass is 35.5. The predicted octanol–water partition coefficient (Wildman–Crippen LogP) is 2.95. The van der Waals surface area contributed by atoms with Gasteiger partial charge in [-0.3, -0.25) is 9.59 Å². The van der Waals surface area contributed by atoms with Gasteiger partial charge in [0.2, 0.25) is 0 Å². The number of ether oxygens (including phenoxy) is 2. The molecule has 0 aliphatic carbocycles. The van der Waals surface area contributed by atoms with E-state index in [-0.39, 0.29) is 40.8 Å². The second-order valence-corrected chi connectivity index (χ2v) is 8.76. The smallest absolute Gasteiger partial charge is 0.276 e. The standard InChI is InChI=1S/C24H23ClFN5O4/c1-34-17-5-2-15(3-6-17)21-13-31-20(14-35-21)22(27-28-31)24(33)30-10-8-29(9-11-30)23(32)18-7-4-16(26)12-19(18)25/h2-7,12,21H,8-11,13-14H2,1H3/t21-/m1/s1. The predicted molar refractivity (Wildman–Crippen MR) is 124 cm³/mol.